The third-order valence-corrected chi connectivity index (χ3v) is 4.52. The van der Waals surface area contributed by atoms with Crippen molar-refractivity contribution in [2.45, 2.75) is 19.3 Å². The van der Waals surface area contributed by atoms with E-state index in [1.54, 1.807) is 31.4 Å². The average Bonchev–Trinajstić information content (AvgIpc) is 2.67. The van der Waals surface area contributed by atoms with Crippen molar-refractivity contribution in [2.75, 3.05) is 25.1 Å². The van der Waals surface area contributed by atoms with Gasteiger partial charge in [-0.3, -0.25) is 9.79 Å². The number of hydrogen-bond donors (Lipinski definition) is 0. The van der Waals surface area contributed by atoms with Crippen LogP contribution in [0.5, 0.6) is 5.75 Å². The van der Waals surface area contributed by atoms with Gasteiger partial charge in [-0.2, -0.15) is 0 Å². The summed E-state index contributed by atoms with van der Waals surface area (Å²) in [5.74, 6) is 1.75. The first kappa shape index (κ1) is 17.5. The van der Waals surface area contributed by atoms with Crippen molar-refractivity contribution in [1.82, 2.24) is 0 Å². The molecular formula is C20H21ClN2O2. The van der Waals surface area contributed by atoms with Gasteiger partial charge >= 0.3 is 0 Å². The standard InChI is InChI=1S/C20H21ClN2O2/c1-25-18-11-5-15(6-12-18)19(24)14-23(20-4-2-3-13-22-20)17-9-7-16(21)8-10-17/h5-12H,2-4,13-14H2,1H3. The molecule has 0 atom stereocenters. The number of hydrogen-bond acceptors (Lipinski definition) is 4. The van der Waals surface area contributed by atoms with Crippen molar-refractivity contribution in [2.24, 2.45) is 4.99 Å². The Bertz CT molecular complexity index is 754. The summed E-state index contributed by atoms with van der Waals surface area (Å²) in [7, 11) is 1.61. The minimum atomic E-state index is 0.0471. The number of ketones is 1. The van der Waals surface area contributed by atoms with E-state index in [2.05, 4.69) is 4.99 Å². The molecule has 1 heterocycles. The predicted octanol–water partition coefficient (Wildman–Crippen LogP) is 4.62. The summed E-state index contributed by atoms with van der Waals surface area (Å²) < 4.78 is 5.15. The molecule has 1 aliphatic heterocycles. The molecule has 0 radical (unpaired) electrons. The first-order valence-corrected chi connectivity index (χ1v) is 8.79. The number of carbonyl (C=O) groups is 1. The fourth-order valence-electron chi connectivity index (χ4n) is 2.87. The second-order valence-electron chi connectivity index (χ2n) is 5.97. The quantitative estimate of drug-likeness (QED) is 0.734. The lowest BCUT2D eigenvalue weighted by molar-refractivity contribution is 0.100. The minimum absolute atomic E-state index is 0.0471. The van der Waals surface area contributed by atoms with Crippen LogP contribution in [0.1, 0.15) is 29.6 Å². The lowest BCUT2D eigenvalue weighted by Crippen LogP contribution is -2.37. The molecule has 0 bridgehead atoms. The first-order chi connectivity index (χ1) is 12.2. The van der Waals surface area contributed by atoms with Gasteiger partial charge in [0.05, 0.1) is 13.7 Å². The van der Waals surface area contributed by atoms with Gasteiger partial charge in [-0.25, -0.2) is 0 Å². The number of Topliss-reactive ketones (excluding diaryl/α,β-unsaturated/α-hetero) is 1. The number of nitrogens with zero attached hydrogens (tertiary/aromatic N) is 2. The zero-order valence-corrected chi connectivity index (χ0v) is 15.0. The number of aliphatic imine (C=N–C) groups is 1. The van der Waals surface area contributed by atoms with Crippen molar-refractivity contribution in [3.05, 3.63) is 59.1 Å². The highest BCUT2D eigenvalue weighted by molar-refractivity contribution is 6.30. The van der Waals surface area contributed by atoms with Crippen molar-refractivity contribution in [1.29, 1.82) is 0 Å². The molecule has 0 unspecified atom stereocenters. The molecule has 0 spiro atoms. The fraction of sp³-hybridized carbons (Fsp3) is 0.300. The van der Waals surface area contributed by atoms with Gasteiger partial charge in [-0.1, -0.05) is 11.6 Å². The number of methoxy groups -OCH3 is 1. The topological polar surface area (TPSA) is 41.9 Å². The molecule has 25 heavy (non-hydrogen) atoms. The van der Waals surface area contributed by atoms with Crippen LogP contribution >= 0.6 is 11.6 Å². The lowest BCUT2D eigenvalue weighted by Gasteiger charge is -2.28. The van der Waals surface area contributed by atoms with Crippen LogP contribution in [0.2, 0.25) is 5.02 Å². The summed E-state index contributed by atoms with van der Waals surface area (Å²) in [4.78, 5) is 19.4. The second kappa shape index (κ2) is 8.17. The molecule has 0 amide bonds. The van der Waals surface area contributed by atoms with Crippen molar-refractivity contribution >= 4 is 28.9 Å². The van der Waals surface area contributed by atoms with Crippen molar-refractivity contribution < 1.29 is 9.53 Å². The first-order valence-electron chi connectivity index (χ1n) is 8.41. The summed E-state index contributed by atoms with van der Waals surface area (Å²) in [6, 6.07) is 14.7. The summed E-state index contributed by atoms with van der Waals surface area (Å²) in [6.07, 6.45) is 3.09. The monoisotopic (exact) mass is 356 g/mol. The molecule has 0 saturated carbocycles. The van der Waals surface area contributed by atoms with E-state index in [4.69, 9.17) is 16.3 Å². The molecule has 0 N–H and O–H groups in total. The average molecular weight is 357 g/mol. The Balaban J connectivity index is 1.84. The van der Waals surface area contributed by atoms with E-state index >= 15 is 0 Å². The zero-order valence-electron chi connectivity index (χ0n) is 14.2. The van der Waals surface area contributed by atoms with E-state index in [9.17, 15) is 4.79 Å². The Hall–Kier alpha value is -2.33. The van der Waals surface area contributed by atoms with Crippen LogP contribution in [0.3, 0.4) is 0 Å². The normalized spacial score (nSPS) is 13.9. The maximum absolute atomic E-state index is 12.8. The van der Waals surface area contributed by atoms with E-state index in [1.807, 2.05) is 29.2 Å². The van der Waals surface area contributed by atoms with Crippen LogP contribution in [0.25, 0.3) is 0 Å². The number of benzene rings is 2. The Kier molecular flexibility index (Phi) is 5.71. The molecule has 1 aliphatic rings. The van der Waals surface area contributed by atoms with Crippen LogP contribution in [0.4, 0.5) is 5.69 Å². The molecule has 0 aromatic heterocycles. The highest BCUT2D eigenvalue weighted by Gasteiger charge is 2.20. The van der Waals surface area contributed by atoms with E-state index in [1.165, 1.54) is 0 Å². The van der Waals surface area contributed by atoms with Crippen LogP contribution < -0.4 is 9.64 Å². The number of rotatable bonds is 5. The third-order valence-electron chi connectivity index (χ3n) is 4.27. The Morgan fingerprint density at radius 2 is 1.84 bits per heavy atom. The number of amidine groups is 1. The van der Waals surface area contributed by atoms with Crippen LogP contribution in [-0.2, 0) is 0 Å². The summed E-state index contributed by atoms with van der Waals surface area (Å²) in [5, 5.41) is 0.677. The van der Waals surface area contributed by atoms with E-state index in [-0.39, 0.29) is 12.3 Å². The summed E-state index contributed by atoms with van der Waals surface area (Å²) >= 11 is 6.00. The molecule has 4 nitrogen and oxygen atoms in total. The molecular weight excluding hydrogens is 336 g/mol. The van der Waals surface area contributed by atoms with Crippen LogP contribution in [-0.4, -0.2) is 31.8 Å². The maximum atomic E-state index is 12.8. The highest BCUT2D eigenvalue weighted by atomic mass is 35.5. The third kappa shape index (κ3) is 4.40. The van der Waals surface area contributed by atoms with Crippen LogP contribution in [0, 0.1) is 0 Å². The number of ether oxygens (including phenoxy) is 1. The second-order valence-corrected chi connectivity index (χ2v) is 6.41. The molecule has 130 valence electrons. The van der Waals surface area contributed by atoms with Crippen LogP contribution in [0.15, 0.2) is 53.5 Å². The highest BCUT2D eigenvalue weighted by Crippen LogP contribution is 2.22. The molecule has 2 aromatic carbocycles. The summed E-state index contributed by atoms with van der Waals surface area (Å²) in [6.45, 7) is 1.07. The Morgan fingerprint density at radius 1 is 1.12 bits per heavy atom. The lowest BCUT2D eigenvalue weighted by atomic mass is 10.1. The van der Waals surface area contributed by atoms with Gasteiger partial charge < -0.3 is 9.64 Å². The molecule has 5 heteroatoms. The summed E-state index contributed by atoms with van der Waals surface area (Å²) in [5.41, 5.74) is 1.60. The van der Waals surface area contributed by atoms with Gasteiger partial charge in [0.1, 0.15) is 11.6 Å². The molecule has 0 aliphatic carbocycles. The van der Waals surface area contributed by atoms with E-state index < -0.39 is 0 Å². The van der Waals surface area contributed by atoms with E-state index in [0.29, 0.717) is 10.6 Å². The van der Waals surface area contributed by atoms with Gasteiger partial charge in [-0.15, -0.1) is 0 Å². The molecule has 0 saturated heterocycles. The van der Waals surface area contributed by atoms with Gasteiger partial charge in [0, 0.05) is 29.2 Å². The SMILES string of the molecule is COc1ccc(C(=O)CN(C2=NCCCC2)c2ccc(Cl)cc2)cc1. The largest absolute Gasteiger partial charge is 0.497 e. The number of anilines is 1. The number of halogens is 1. The predicted molar refractivity (Wildman–Crippen MR) is 102 cm³/mol. The molecule has 0 fully saturated rings. The number of carbonyl (C=O) groups excluding carboxylic acids is 1. The maximum Gasteiger partial charge on any atom is 0.182 e. The molecule has 2 aromatic rings. The minimum Gasteiger partial charge on any atom is -0.497 e. The molecule has 3 rings (SSSR count). The van der Waals surface area contributed by atoms with Crippen molar-refractivity contribution in [3.63, 3.8) is 0 Å². The van der Waals surface area contributed by atoms with Gasteiger partial charge in [0.2, 0.25) is 0 Å². The fourth-order valence-corrected chi connectivity index (χ4v) is 2.99. The van der Waals surface area contributed by atoms with E-state index in [0.717, 1.165) is 43.1 Å². The van der Waals surface area contributed by atoms with Gasteiger partial charge in [-0.05, 0) is 61.4 Å². The van der Waals surface area contributed by atoms with Crippen molar-refractivity contribution in [3.8, 4) is 5.75 Å². The van der Waals surface area contributed by atoms with Gasteiger partial charge in [0.25, 0.3) is 0 Å². The zero-order chi connectivity index (χ0) is 17.6. The Labute approximate surface area is 153 Å². The smallest absolute Gasteiger partial charge is 0.182 e. The Morgan fingerprint density at radius 3 is 2.44 bits per heavy atom. The van der Waals surface area contributed by atoms with Gasteiger partial charge in [0.15, 0.2) is 5.78 Å².